The van der Waals surface area contributed by atoms with E-state index in [2.05, 4.69) is 10.2 Å². The lowest BCUT2D eigenvalue weighted by Gasteiger charge is -2.10. The van der Waals surface area contributed by atoms with Crippen LogP contribution in [0.5, 0.6) is 0 Å². The van der Waals surface area contributed by atoms with Crippen molar-refractivity contribution in [1.29, 1.82) is 0 Å². The van der Waals surface area contributed by atoms with Crippen molar-refractivity contribution >= 4 is 11.8 Å². The minimum Gasteiger partial charge on any atom is -0.478 e. The van der Waals surface area contributed by atoms with Gasteiger partial charge in [0.05, 0.1) is 11.8 Å². The van der Waals surface area contributed by atoms with Gasteiger partial charge in [-0.15, -0.1) is 0 Å². The first kappa shape index (κ1) is 10.2. The molecule has 80 valence electrons. The molecule has 1 N–H and O–H groups in total. The van der Waals surface area contributed by atoms with Crippen LogP contribution in [0.25, 0.3) is 0 Å². The fourth-order valence-corrected chi connectivity index (χ4v) is 1.40. The van der Waals surface area contributed by atoms with E-state index < -0.39 is 12.0 Å². The van der Waals surface area contributed by atoms with Crippen LogP contribution in [-0.2, 0) is 4.79 Å². The number of nitrogens with zero attached hydrogens (tertiary/aromatic N) is 2. The monoisotopic (exact) mass is 216 g/mol. The molecule has 16 heavy (non-hydrogen) atoms. The van der Waals surface area contributed by atoms with Crippen LogP contribution in [0, 0.1) is 0 Å². The Morgan fingerprint density at radius 2 is 1.94 bits per heavy atom. The predicted molar refractivity (Wildman–Crippen MR) is 55.1 cm³/mol. The highest BCUT2D eigenvalue weighted by Crippen LogP contribution is 2.22. The van der Waals surface area contributed by atoms with Crippen molar-refractivity contribution in [2.24, 2.45) is 10.2 Å². The highest BCUT2D eigenvalue weighted by molar-refractivity contribution is 5.95. The predicted octanol–water partition coefficient (Wildman–Crippen LogP) is 1.97. The molecule has 5 heteroatoms. The van der Waals surface area contributed by atoms with Gasteiger partial charge < -0.3 is 5.11 Å². The lowest BCUT2D eigenvalue weighted by Crippen LogP contribution is -2.09. The Labute approximate surface area is 91.1 Å². The van der Waals surface area contributed by atoms with Gasteiger partial charge in [-0.05, 0) is 17.7 Å². The normalized spacial score (nSPS) is 18.8. The van der Waals surface area contributed by atoms with Crippen molar-refractivity contribution in [3.8, 4) is 0 Å². The van der Waals surface area contributed by atoms with Gasteiger partial charge in [0.15, 0.2) is 11.8 Å². The number of benzene rings is 1. The summed E-state index contributed by atoms with van der Waals surface area (Å²) in [7, 11) is 0. The van der Waals surface area contributed by atoms with E-state index >= 15 is 0 Å². The number of hydrogen-bond donors (Lipinski definition) is 1. The molecule has 0 aliphatic carbocycles. The molecule has 1 aromatic carbocycles. The van der Waals surface area contributed by atoms with E-state index in [0.29, 0.717) is 5.56 Å². The minimum absolute atomic E-state index is 0.155. The second kappa shape index (κ2) is 4.06. The number of ketones is 1. The summed E-state index contributed by atoms with van der Waals surface area (Å²) in [6.07, 6.45) is 2.69. The largest absolute Gasteiger partial charge is 0.478 e. The molecule has 1 unspecified atom stereocenters. The SMILES string of the molecule is O=C(O)c1ccc(C2N=NC=CC2=O)cc1. The Morgan fingerprint density at radius 1 is 1.25 bits per heavy atom. The van der Waals surface area contributed by atoms with Crippen LogP contribution in [0.1, 0.15) is 22.0 Å². The van der Waals surface area contributed by atoms with Crippen LogP contribution in [0.15, 0.2) is 46.8 Å². The van der Waals surface area contributed by atoms with Crippen LogP contribution in [0.3, 0.4) is 0 Å². The van der Waals surface area contributed by atoms with Crippen LogP contribution >= 0.6 is 0 Å². The Bertz CT molecular complexity index is 488. The van der Waals surface area contributed by atoms with Crippen molar-refractivity contribution < 1.29 is 14.7 Å². The summed E-state index contributed by atoms with van der Waals surface area (Å²) in [5.41, 5.74) is 0.822. The van der Waals surface area contributed by atoms with Gasteiger partial charge in [0, 0.05) is 6.08 Å². The van der Waals surface area contributed by atoms with Gasteiger partial charge >= 0.3 is 5.97 Å². The van der Waals surface area contributed by atoms with E-state index in [1.165, 1.54) is 24.4 Å². The molecule has 0 spiro atoms. The van der Waals surface area contributed by atoms with E-state index in [0.717, 1.165) is 0 Å². The number of carboxylic acids is 1. The molecule has 0 aromatic heterocycles. The van der Waals surface area contributed by atoms with Crippen LogP contribution in [-0.4, -0.2) is 16.9 Å². The topological polar surface area (TPSA) is 79.1 Å². The highest BCUT2D eigenvalue weighted by atomic mass is 16.4. The molecule has 5 nitrogen and oxygen atoms in total. The molecule has 1 atom stereocenters. The molecule has 1 heterocycles. The highest BCUT2D eigenvalue weighted by Gasteiger charge is 2.19. The van der Waals surface area contributed by atoms with Gasteiger partial charge in [-0.1, -0.05) is 12.1 Å². The van der Waals surface area contributed by atoms with Crippen molar-refractivity contribution in [2.45, 2.75) is 6.04 Å². The Morgan fingerprint density at radius 3 is 2.50 bits per heavy atom. The molecule has 0 fully saturated rings. The summed E-state index contributed by atoms with van der Waals surface area (Å²) in [4.78, 5) is 22.1. The standard InChI is InChI=1S/C11H8N2O3/c14-9-5-6-12-13-10(9)7-1-3-8(4-2-7)11(15)16/h1-6,10H,(H,15,16). The van der Waals surface area contributed by atoms with Gasteiger partial charge in [-0.2, -0.15) is 10.2 Å². The maximum Gasteiger partial charge on any atom is 0.335 e. The first-order valence-electron chi connectivity index (χ1n) is 4.62. The number of rotatable bonds is 2. The second-order valence-electron chi connectivity index (χ2n) is 3.28. The Kier molecular flexibility index (Phi) is 2.59. The minimum atomic E-state index is -0.997. The third-order valence-electron chi connectivity index (χ3n) is 2.23. The van der Waals surface area contributed by atoms with E-state index in [1.54, 1.807) is 12.1 Å². The van der Waals surface area contributed by atoms with Gasteiger partial charge in [0.25, 0.3) is 0 Å². The summed E-state index contributed by atoms with van der Waals surface area (Å²) in [5.74, 6) is -1.15. The van der Waals surface area contributed by atoms with E-state index in [4.69, 9.17) is 5.11 Å². The third-order valence-corrected chi connectivity index (χ3v) is 2.23. The zero-order chi connectivity index (χ0) is 11.5. The molecule has 0 saturated carbocycles. The summed E-state index contributed by atoms with van der Waals surface area (Å²) < 4.78 is 0. The first-order valence-corrected chi connectivity index (χ1v) is 4.62. The van der Waals surface area contributed by atoms with Crippen molar-refractivity contribution in [3.63, 3.8) is 0 Å². The summed E-state index contributed by atoms with van der Waals surface area (Å²) in [6, 6.07) is 5.39. The molecule has 0 amide bonds. The first-order chi connectivity index (χ1) is 7.68. The lowest BCUT2D eigenvalue weighted by atomic mass is 10.0. The van der Waals surface area contributed by atoms with Gasteiger partial charge in [-0.3, -0.25) is 4.79 Å². The lowest BCUT2D eigenvalue weighted by molar-refractivity contribution is -0.116. The van der Waals surface area contributed by atoms with Crippen LogP contribution in [0.2, 0.25) is 0 Å². The molecule has 1 aliphatic rings. The summed E-state index contributed by atoms with van der Waals surface area (Å²) in [6.45, 7) is 0. The third kappa shape index (κ3) is 1.88. The zero-order valence-electron chi connectivity index (χ0n) is 8.20. The summed E-state index contributed by atoms with van der Waals surface area (Å²) in [5, 5.41) is 16.2. The molecule has 0 saturated heterocycles. The molecule has 0 radical (unpaired) electrons. The van der Waals surface area contributed by atoms with Crippen LogP contribution in [0.4, 0.5) is 0 Å². The van der Waals surface area contributed by atoms with E-state index in [9.17, 15) is 9.59 Å². The number of aromatic carboxylic acids is 1. The summed E-state index contributed by atoms with van der Waals surface area (Å²) >= 11 is 0. The number of hydrogen-bond acceptors (Lipinski definition) is 4. The number of carbonyl (C=O) groups is 2. The maximum atomic E-state index is 11.5. The number of azo groups is 1. The Hall–Kier alpha value is -2.30. The zero-order valence-corrected chi connectivity index (χ0v) is 8.20. The van der Waals surface area contributed by atoms with Crippen molar-refractivity contribution in [1.82, 2.24) is 0 Å². The van der Waals surface area contributed by atoms with Gasteiger partial charge in [0.2, 0.25) is 0 Å². The molecular weight excluding hydrogens is 208 g/mol. The molecule has 1 aliphatic heterocycles. The number of carbonyl (C=O) groups excluding carboxylic acids is 1. The quantitative estimate of drug-likeness (QED) is 0.820. The van der Waals surface area contributed by atoms with Crippen molar-refractivity contribution in [3.05, 3.63) is 47.7 Å². The number of carboxylic acid groups (broad SMARTS) is 1. The van der Waals surface area contributed by atoms with Crippen molar-refractivity contribution in [2.75, 3.05) is 0 Å². The van der Waals surface area contributed by atoms with Gasteiger partial charge in [0.1, 0.15) is 0 Å². The Balaban J connectivity index is 2.28. The van der Waals surface area contributed by atoms with Gasteiger partial charge in [-0.25, -0.2) is 4.79 Å². The van der Waals surface area contributed by atoms with E-state index in [1.807, 2.05) is 0 Å². The molecule has 2 rings (SSSR count). The maximum absolute atomic E-state index is 11.5. The fraction of sp³-hybridized carbons (Fsp3) is 0.0909. The average molecular weight is 216 g/mol. The van der Waals surface area contributed by atoms with Crippen LogP contribution < -0.4 is 0 Å². The molecule has 0 bridgehead atoms. The smallest absolute Gasteiger partial charge is 0.335 e. The average Bonchev–Trinajstić information content (AvgIpc) is 2.30. The second-order valence-corrected chi connectivity index (χ2v) is 3.28. The fourth-order valence-electron chi connectivity index (χ4n) is 1.40. The molecule has 1 aromatic rings. The van der Waals surface area contributed by atoms with E-state index in [-0.39, 0.29) is 11.3 Å². The molecular formula is C11H8N2O3.